The number of carbonyl (C=O) groups is 1. The van der Waals surface area contributed by atoms with Crippen LogP contribution in [0.4, 0.5) is 0 Å². The second-order valence-corrected chi connectivity index (χ2v) is 9.84. The van der Waals surface area contributed by atoms with Gasteiger partial charge in [0.05, 0.1) is 11.9 Å². The first kappa shape index (κ1) is 28.4. The van der Waals surface area contributed by atoms with Crippen molar-refractivity contribution in [3.63, 3.8) is 0 Å². The number of nitrogens with one attached hydrogen (secondary N) is 1. The first-order valence-electron chi connectivity index (χ1n) is 14.1. The molecule has 7 heteroatoms. The Bertz CT molecular complexity index is 1580. The standard InChI is InChI=1S/C35H34N4O3/c1-2-3-10-27-15-19-32(20-16-27)42-26-34(40)37-36-23-30-24-39(31-13-8-5-9-14-31)38-35(30)29-17-21-33(22-18-29)41-25-28-11-6-4-7-12-28/h4-9,11-24H,2-3,10,25-26H2,1H3,(H,37,40)/b36-23-. The van der Waals surface area contributed by atoms with Gasteiger partial charge in [-0.25, -0.2) is 10.1 Å². The van der Waals surface area contributed by atoms with Crippen molar-refractivity contribution in [2.24, 2.45) is 5.10 Å². The number of amides is 1. The molecule has 0 aliphatic carbocycles. The number of rotatable bonds is 13. The molecule has 0 saturated heterocycles. The van der Waals surface area contributed by atoms with Crippen molar-refractivity contribution in [3.8, 4) is 28.4 Å². The Hall–Kier alpha value is -5.17. The Labute approximate surface area is 246 Å². The summed E-state index contributed by atoms with van der Waals surface area (Å²) < 4.78 is 13.4. The Morgan fingerprint density at radius 1 is 0.833 bits per heavy atom. The highest BCUT2D eigenvalue weighted by Gasteiger charge is 2.12. The largest absolute Gasteiger partial charge is 0.489 e. The SMILES string of the molecule is CCCCc1ccc(OCC(=O)N/N=C\c2cn(-c3ccccc3)nc2-c2ccc(OCc3ccccc3)cc2)cc1. The van der Waals surface area contributed by atoms with E-state index in [1.54, 1.807) is 10.9 Å². The third-order valence-corrected chi connectivity index (χ3v) is 6.64. The molecule has 1 aromatic heterocycles. The zero-order valence-corrected chi connectivity index (χ0v) is 23.6. The van der Waals surface area contributed by atoms with Gasteiger partial charge in [0.25, 0.3) is 5.91 Å². The molecule has 7 nitrogen and oxygen atoms in total. The monoisotopic (exact) mass is 558 g/mol. The number of ether oxygens (including phenoxy) is 2. The van der Waals surface area contributed by atoms with Crippen LogP contribution in [-0.2, 0) is 17.8 Å². The summed E-state index contributed by atoms with van der Waals surface area (Å²) in [4.78, 5) is 12.4. The van der Waals surface area contributed by atoms with E-state index in [1.807, 2.05) is 115 Å². The maximum Gasteiger partial charge on any atom is 0.277 e. The normalized spacial score (nSPS) is 11.0. The number of unbranched alkanes of at least 4 members (excludes halogenated alkanes) is 1. The lowest BCUT2D eigenvalue weighted by molar-refractivity contribution is -0.123. The first-order valence-corrected chi connectivity index (χ1v) is 14.1. The van der Waals surface area contributed by atoms with Crippen molar-refractivity contribution in [3.05, 3.63) is 132 Å². The molecule has 1 amide bonds. The minimum Gasteiger partial charge on any atom is -0.489 e. The highest BCUT2D eigenvalue weighted by molar-refractivity contribution is 5.89. The predicted octanol–water partition coefficient (Wildman–Crippen LogP) is 6.99. The average molecular weight is 559 g/mol. The number of nitrogens with zero attached hydrogens (tertiary/aromatic N) is 3. The number of aromatic nitrogens is 2. The second kappa shape index (κ2) is 14.5. The number of hydrogen-bond acceptors (Lipinski definition) is 5. The maximum absolute atomic E-state index is 12.4. The van der Waals surface area contributed by atoms with E-state index in [0.717, 1.165) is 53.1 Å². The molecule has 0 bridgehead atoms. The van der Waals surface area contributed by atoms with Gasteiger partial charge in [-0.2, -0.15) is 10.2 Å². The molecule has 4 aromatic carbocycles. The molecule has 0 spiro atoms. The van der Waals surface area contributed by atoms with Gasteiger partial charge in [-0.1, -0.05) is 74.0 Å². The Morgan fingerprint density at radius 2 is 1.50 bits per heavy atom. The fourth-order valence-corrected chi connectivity index (χ4v) is 4.36. The summed E-state index contributed by atoms with van der Waals surface area (Å²) in [6, 6.07) is 35.5. The topological polar surface area (TPSA) is 77.7 Å². The Balaban J connectivity index is 1.24. The van der Waals surface area contributed by atoms with Crippen molar-refractivity contribution in [1.82, 2.24) is 15.2 Å². The quantitative estimate of drug-likeness (QED) is 0.125. The van der Waals surface area contributed by atoms with Crippen LogP contribution in [0.3, 0.4) is 0 Å². The average Bonchev–Trinajstić information content (AvgIpc) is 3.47. The van der Waals surface area contributed by atoms with Gasteiger partial charge in [0.2, 0.25) is 0 Å². The molecule has 5 rings (SSSR count). The summed E-state index contributed by atoms with van der Waals surface area (Å²) in [6.45, 7) is 2.54. The number of hydrogen-bond donors (Lipinski definition) is 1. The molecule has 5 aromatic rings. The third kappa shape index (κ3) is 7.95. The summed E-state index contributed by atoms with van der Waals surface area (Å²) >= 11 is 0. The molecular formula is C35H34N4O3. The van der Waals surface area contributed by atoms with Gasteiger partial charge in [-0.05, 0) is 72.5 Å². The van der Waals surface area contributed by atoms with Crippen LogP contribution in [-0.4, -0.2) is 28.5 Å². The van der Waals surface area contributed by atoms with Gasteiger partial charge in [-0.15, -0.1) is 0 Å². The fraction of sp³-hybridized carbons (Fsp3) is 0.171. The summed E-state index contributed by atoms with van der Waals surface area (Å²) in [7, 11) is 0. The van der Waals surface area contributed by atoms with Crippen molar-refractivity contribution < 1.29 is 14.3 Å². The third-order valence-electron chi connectivity index (χ3n) is 6.64. The van der Waals surface area contributed by atoms with Gasteiger partial charge >= 0.3 is 0 Å². The van der Waals surface area contributed by atoms with Gasteiger partial charge in [0.1, 0.15) is 23.8 Å². The van der Waals surface area contributed by atoms with Crippen LogP contribution >= 0.6 is 0 Å². The zero-order chi connectivity index (χ0) is 29.0. The highest BCUT2D eigenvalue weighted by Crippen LogP contribution is 2.25. The number of aryl methyl sites for hydroxylation is 1. The van der Waals surface area contributed by atoms with E-state index < -0.39 is 0 Å². The van der Waals surface area contributed by atoms with E-state index in [2.05, 4.69) is 17.5 Å². The molecule has 212 valence electrons. The Morgan fingerprint density at radius 3 is 2.21 bits per heavy atom. The van der Waals surface area contributed by atoms with E-state index in [-0.39, 0.29) is 12.5 Å². The molecule has 0 saturated carbocycles. The molecule has 0 atom stereocenters. The van der Waals surface area contributed by atoms with E-state index >= 15 is 0 Å². The minimum atomic E-state index is -0.349. The van der Waals surface area contributed by atoms with Gasteiger partial charge < -0.3 is 9.47 Å². The fourth-order valence-electron chi connectivity index (χ4n) is 4.36. The van der Waals surface area contributed by atoms with Crippen LogP contribution in [0.2, 0.25) is 0 Å². The van der Waals surface area contributed by atoms with Crippen LogP contribution in [0, 0.1) is 0 Å². The molecule has 0 aliphatic heterocycles. The van der Waals surface area contributed by atoms with E-state index in [9.17, 15) is 4.79 Å². The zero-order valence-electron chi connectivity index (χ0n) is 23.6. The van der Waals surface area contributed by atoms with Crippen molar-refractivity contribution in [1.29, 1.82) is 0 Å². The number of carbonyl (C=O) groups excluding carboxylic acids is 1. The van der Waals surface area contributed by atoms with Crippen molar-refractivity contribution >= 4 is 12.1 Å². The minimum absolute atomic E-state index is 0.133. The summed E-state index contributed by atoms with van der Waals surface area (Å²) in [5.41, 5.74) is 8.22. The lowest BCUT2D eigenvalue weighted by atomic mass is 10.1. The highest BCUT2D eigenvalue weighted by atomic mass is 16.5. The van der Waals surface area contributed by atoms with Gasteiger partial charge in [-0.3, -0.25) is 4.79 Å². The predicted molar refractivity (Wildman–Crippen MR) is 166 cm³/mol. The first-order chi connectivity index (χ1) is 20.7. The smallest absolute Gasteiger partial charge is 0.277 e. The number of benzene rings is 4. The second-order valence-electron chi connectivity index (χ2n) is 9.84. The lowest BCUT2D eigenvalue weighted by Gasteiger charge is -2.07. The van der Waals surface area contributed by atoms with Crippen LogP contribution < -0.4 is 14.9 Å². The number of para-hydroxylation sites is 1. The maximum atomic E-state index is 12.4. The molecule has 1 heterocycles. The molecule has 0 aliphatic rings. The summed E-state index contributed by atoms with van der Waals surface area (Å²) in [6.07, 6.45) is 6.84. The van der Waals surface area contributed by atoms with Crippen molar-refractivity contribution in [2.45, 2.75) is 32.8 Å². The molecular weight excluding hydrogens is 524 g/mol. The van der Waals surface area contributed by atoms with Crippen LogP contribution in [0.5, 0.6) is 11.5 Å². The van der Waals surface area contributed by atoms with Gasteiger partial charge in [0.15, 0.2) is 6.61 Å². The van der Waals surface area contributed by atoms with Crippen LogP contribution in [0.1, 0.15) is 36.5 Å². The molecule has 1 N–H and O–H groups in total. The molecule has 0 unspecified atom stereocenters. The number of hydrazone groups is 1. The van der Waals surface area contributed by atoms with E-state index in [4.69, 9.17) is 14.6 Å². The molecule has 0 fully saturated rings. The summed E-state index contributed by atoms with van der Waals surface area (Å²) in [5, 5.41) is 9.01. The molecule has 0 radical (unpaired) electrons. The van der Waals surface area contributed by atoms with Crippen LogP contribution in [0.15, 0.2) is 120 Å². The van der Waals surface area contributed by atoms with E-state index in [1.165, 1.54) is 5.56 Å². The summed E-state index contributed by atoms with van der Waals surface area (Å²) in [5.74, 6) is 1.07. The van der Waals surface area contributed by atoms with Crippen LogP contribution in [0.25, 0.3) is 16.9 Å². The Kier molecular flexibility index (Phi) is 9.76. The molecule has 42 heavy (non-hydrogen) atoms. The van der Waals surface area contributed by atoms with E-state index in [0.29, 0.717) is 12.4 Å². The van der Waals surface area contributed by atoms with Crippen molar-refractivity contribution in [2.75, 3.05) is 6.61 Å². The lowest BCUT2D eigenvalue weighted by Crippen LogP contribution is -2.24. The van der Waals surface area contributed by atoms with Gasteiger partial charge in [0, 0.05) is 17.3 Å².